The van der Waals surface area contributed by atoms with Gasteiger partial charge in [0.15, 0.2) is 16.8 Å². The van der Waals surface area contributed by atoms with E-state index in [2.05, 4.69) is 25.0 Å². The maximum atomic E-state index is 14.6. The highest BCUT2D eigenvalue weighted by Crippen LogP contribution is 2.32. The molecule has 0 radical (unpaired) electrons. The lowest BCUT2D eigenvalue weighted by molar-refractivity contribution is -0.120. The number of hydrogen-bond donors (Lipinski definition) is 2. The molecule has 1 aliphatic rings. The van der Waals surface area contributed by atoms with Crippen molar-refractivity contribution in [3.05, 3.63) is 52.6 Å². The number of thiazole rings is 1. The van der Waals surface area contributed by atoms with E-state index in [1.807, 2.05) is 0 Å². The molecule has 0 saturated heterocycles. The summed E-state index contributed by atoms with van der Waals surface area (Å²) >= 11 is 7.21. The minimum Gasteiger partial charge on any atom is -0.307 e. The van der Waals surface area contributed by atoms with Crippen molar-refractivity contribution in [1.82, 2.24) is 15.0 Å². The molecule has 1 amide bonds. The van der Waals surface area contributed by atoms with E-state index in [0.29, 0.717) is 27.0 Å². The molecule has 0 aromatic carbocycles. The average molecular weight is 480 g/mol. The van der Waals surface area contributed by atoms with Gasteiger partial charge in [0, 0.05) is 35.1 Å². The molecule has 3 aromatic rings. The van der Waals surface area contributed by atoms with Crippen molar-refractivity contribution in [1.29, 1.82) is 0 Å². The van der Waals surface area contributed by atoms with Gasteiger partial charge in [-0.2, -0.15) is 0 Å². The number of rotatable bonds is 7. The molecule has 1 aliphatic carbocycles. The molecular weight excluding hydrogens is 461 g/mol. The number of hydrogen-bond acceptors (Lipinski definition) is 6. The van der Waals surface area contributed by atoms with Gasteiger partial charge in [-0.05, 0) is 38.8 Å². The molecule has 2 N–H and O–H groups in total. The lowest BCUT2D eigenvalue weighted by Crippen LogP contribution is -2.35. The number of amides is 1. The maximum absolute atomic E-state index is 14.6. The highest BCUT2D eigenvalue weighted by Gasteiger charge is 2.34. The predicted molar refractivity (Wildman–Crippen MR) is 121 cm³/mol. The largest absolute Gasteiger partial charge is 0.307 e. The van der Waals surface area contributed by atoms with Crippen LogP contribution in [0.3, 0.4) is 0 Å². The molecule has 162 valence electrons. The summed E-state index contributed by atoms with van der Waals surface area (Å²) in [5, 5.41) is 5.35. The highest BCUT2D eigenvalue weighted by atomic mass is 35.5. The van der Waals surface area contributed by atoms with Crippen molar-refractivity contribution in [3.8, 4) is 11.1 Å². The van der Waals surface area contributed by atoms with Crippen LogP contribution in [-0.4, -0.2) is 30.3 Å². The predicted octanol–water partition coefficient (Wildman–Crippen LogP) is 4.55. The number of carbonyl (C=O) groups is 1. The number of nitrogens with one attached hydrogen (secondary N) is 2. The van der Waals surface area contributed by atoms with Crippen LogP contribution in [0.1, 0.15) is 32.4 Å². The van der Waals surface area contributed by atoms with Gasteiger partial charge >= 0.3 is 0 Å². The Morgan fingerprint density at radius 3 is 2.68 bits per heavy atom. The van der Waals surface area contributed by atoms with Crippen molar-refractivity contribution in [3.63, 3.8) is 0 Å². The molecule has 1 saturated carbocycles. The fraction of sp³-hybridized carbons (Fsp3) is 0.300. The van der Waals surface area contributed by atoms with Crippen LogP contribution in [0.25, 0.3) is 11.1 Å². The molecule has 1 atom stereocenters. The molecule has 0 bridgehead atoms. The van der Waals surface area contributed by atoms with Crippen molar-refractivity contribution < 1.29 is 13.4 Å². The highest BCUT2D eigenvalue weighted by molar-refractivity contribution is 7.87. The van der Waals surface area contributed by atoms with E-state index in [4.69, 9.17) is 11.6 Å². The SMILES string of the molecule is CC(C)(C(=O)Nc1ncc(-c2cncc(Cl)c2)cc1F)c1csc(NS(=O)C2CC2)n1. The summed E-state index contributed by atoms with van der Waals surface area (Å²) in [6, 6.07) is 2.91. The van der Waals surface area contributed by atoms with Crippen molar-refractivity contribution in [2.75, 3.05) is 10.0 Å². The van der Waals surface area contributed by atoms with Gasteiger partial charge in [0.05, 0.1) is 21.4 Å². The van der Waals surface area contributed by atoms with Crippen LogP contribution in [0.5, 0.6) is 0 Å². The van der Waals surface area contributed by atoms with E-state index in [1.54, 1.807) is 31.5 Å². The number of anilines is 2. The van der Waals surface area contributed by atoms with Gasteiger partial charge in [-0.1, -0.05) is 11.6 Å². The van der Waals surface area contributed by atoms with E-state index < -0.39 is 28.1 Å². The Balaban J connectivity index is 1.48. The van der Waals surface area contributed by atoms with Gasteiger partial charge in [0.25, 0.3) is 0 Å². The Morgan fingerprint density at radius 1 is 1.26 bits per heavy atom. The van der Waals surface area contributed by atoms with Crippen LogP contribution < -0.4 is 10.0 Å². The van der Waals surface area contributed by atoms with Crippen molar-refractivity contribution >= 4 is 50.8 Å². The van der Waals surface area contributed by atoms with Gasteiger partial charge in [-0.15, -0.1) is 11.3 Å². The summed E-state index contributed by atoms with van der Waals surface area (Å²) in [4.78, 5) is 25.3. The minimum absolute atomic E-state index is 0.170. The Bertz CT molecular complexity index is 1170. The topological polar surface area (TPSA) is 96.9 Å². The first-order chi connectivity index (χ1) is 14.7. The van der Waals surface area contributed by atoms with Gasteiger partial charge in [-0.25, -0.2) is 18.6 Å². The molecule has 4 rings (SSSR count). The Labute approximate surface area is 190 Å². The zero-order chi connectivity index (χ0) is 22.2. The molecule has 0 aliphatic heterocycles. The average Bonchev–Trinajstić information content (AvgIpc) is 3.48. The zero-order valence-corrected chi connectivity index (χ0v) is 19.1. The van der Waals surface area contributed by atoms with Crippen LogP contribution >= 0.6 is 22.9 Å². The first-order valence-corrected chi connectivity index (χ1v) is 11.9. The summed E-state index contributed by atoms with van der Waals surface area (Å²) in [6.45, 7) is 3.37. The first-order valence-electron chi connectivity index (χ1n) is 9.45. The van der Waals surface area contributed by atoms with Gasteiger partial charge in [0.2, 0.25) is 5.91 Å². The number of carbonyl (C=O) groups excluding carboxylic acids is 1. The number of halogens is 2. The summed E-state index contributed by atoms with van der Waals surface area (Å²) in [5.41, 5.74) is 0.542. The van der Waals surface area contributed by atoms with E-state index in [9.17, 15) is 13.4 Å². The molecule has 3 aromatic heterocycles. The zero-order valence-electron chi connectivity index (χ0n) is 16.7. The van der Waals surface area contributed by atoms with Crippen LogP contribution in [-0.2, 0) is 21.2 Å². The third kappa shape index (κ3) is 4.91. The third-order valence-corrected chi connectivity index (χ3v) is 7.40. The van der Waals surface area contributed by atoms with Gasteiger partial charge in [0.1, 0.15) is 11.0 Å². The van der Waals surface area contributed by atoms with Gasteiger partial charge in [-0.3, -0.25) is 14.5 Å². The molecule has 1 unspecified atom stereocenters. The Morgan fingerprint density at radius 2 is 2.00 bits per heavy atom. The third-order valence-electron chi connectivity index (χ3n) is 4.84. The number of pyridine rings is 2. The molecule has 31 heavy (non-hydrogen) atoms. The first kappa shape index (κ1) is 21.8. The Kier molecular flexibility index (Phi) is 6.05. The molecule has 3 heterocycles. The van der Waals surface area contributed by atoms with Crippen LogP contribution in [0.15, 0.2) is 36.1 Å². The second kappa shape index (κ2) is 8.60. The second-order valence-electron chi connectivity index (χ2n) is 7.66. The van der Waals surface area contributed by atoms with E-state index in [1.165, 1.54) is 29.8 Å². The van der Waals surface area contributed by atoms with E-state index in [0.717, 1.165) is 12.8 Å². The van der Waals surface area contributed by atoms with Crippen molar-refractivity contribution in [2.45, 2.75) is 37.4 Å². The van der Waals surface area contributed by atoms with Crippen LogP contribution in [0, 0.1) is 5.82 Å². The summed E-state index contributed by atoms with van der Waals surface area (Å²) in [7, 11) is -1.17. The van der Waals surface area contributed by atoms with E-state index in [-0.39, 0.29) is 11.1 Å². The number of nitrogens with zero attached hydrogens (tertiary/aromatic N) is 3. The fourth-order valence-corrected chi connectivity index (χ4v) is 4.98. The summed E-state index contributed by atoms with van der Waals surface area (Å²) in [6.07, 6.45) is 6.35. The summed E-state index contributed by atoms with van der Waals surface area (Å²) < 4.78 is 29.5. The molecule has 11 heteroatoms. The number of aromatic nitrogens is 3. The second-order valence-corrected chi connectivity index (χ2v) is 10.4. The van der Waals surface area contributed by atoms with E-state index >= 15 is 0 Å². The molecule has 0 spiro atoms. The van der Waals surface area contributed by atoms with Gasteiger partial charge < -0.3 is 5.32 Å². The molecule has 7 nitrogen and oxygen atoms in total. The molecule has 1 fully saturated rings. The lowest BCUT2D eigenvalue weighted by atomic mass is 9.89. The Hall–Kier alpha value is -2.43. The fourth-order valence-electron chi connectivity index (χ4n) is 2.70. The molecular formula is C20H19ClFN5O2S2. The standard InChI is InChI=1S/C20H19ClFN5O2S2/c1-20(2,16-10-30-19(25-16)27-31(29)14-3-4-14)18(28)26-17-15(22)6-12(8-24-17)11-5-13(21)9-23-7-11/h5-10,14H,3-4H2,1-2H3,(H,25,27)(H,24,26,28). The normalized spacial score (nSPS) is 14.8. The smallest absolute Gasteiger partial charge is 0.237 e. The van der Waals surface area contributed by atoms with Crippen LogP contribution in [0.2, 0.25) is 5.02 Å². The monoisotopic (exact) mass is 479 g/mol. The minimum atomic E-state index is -1.17. The van der Waals surface area contributed by atoms with Crippen LogP contribution in [0.4, 0.5) is 15.3 Å². The lowest BCUT2D eigenvalue weighted by Gasteiger charge is -2.21. The van der Waals surface area contributed by atoms with Crippen molar-refractivity contribution in [2.24, 2.45) is 0 Å². The quantitative estimate of drug-likeness (QED) is 0.518. The summed E-state index contributed by atoms with van der Waals surface area (Å²) in [5.74, 6) is -1.32. The maximum Gasteiger partial charge on any atom is 0.237 e.